The lowest BCUT2D eigenvalue weighted by molar-refractivity contribution is 0.0537. The first-order valence-electron chi connectivity index (χ1n) is 7.65. The minimum Gasteiger partial charge on any atom is -0.489 e. The summed E-state index contributed by atoms with van der Waals surface area (Å²) in [6.07, 6.45) is 0.800. The third kappa shape index (κ3) is 5.10. The van der Waals surface area contributed by atoms with Crippen molar-refractivity contribution in [1.82, 2.24) is 0 Å². The fourth-order valence-corrected chi connectivity index (χ4v) is 2.74. The molecule has 0 saturated carbocycles. The van der Waals surface area contributed by atoms with E-state index in [1.165, 1.54) is 4.90 Å². The highest BCUT2D eigenvalue weighted by molar-refractivity contribution is 7.85. The van der Waals surface area contributed by atoms with Crippen LogP contribution in [0.15, 0.2) is 24.3 Å². The van der Waals surface area contributed by atoms with Crippen molar-refractivity contribution in [1.29, 1.82) is 0 Å². The molecule has 2 rings (SSSR count). The van der Waals surface area contributed by atoms with E-state index in [1.807, 2.05) is 6.07 Å². The van der Waals surface area contributed by atoms with Gasteiger partial charge < -0.3 is 9.47 Å². The van der Waals surface area contributed by atoms with Gasteiger partial charge >= 0.3 is 6.09 Å². The smallest absolute Gasteiger partial charge is 0.415 e. The van der Waals surface area contributed by atoms with Gasteiger partial charge in [-0.15, -0.1) is 0 Å². The molecule has 24 heavy (non-hydrogen) atoms. The second-order valence-corrected chi connectivity index (χ2v) is 8.24. The van der Waals surface area contributed by atoms with Gasteiger partial charge in [0, 0.05) is 0 Å². The maximum atomic E-state index is 12.6. The maximum absolute atomic E-state index is 12.6. The van der Waals surface area contributed by atoms with Crippen LogP contribution in [0.1, 0.15) is 27.2 Å². The third-order valence-corrected chi connectivity index (χ3v) is 3.85. The summed E-state index contributed by atoms with van der Waals surface area (Å²) < 4.78 is 38.2. The van der Waals surface area contributed by atoms with Gasteiger partial charge in [-0.3, -0.25) is 9.08 Å². The zero-order chi connectivity index (χ0) is 18.0. The molecule has 134 valence electrons. The molecule has 0 aliphatic carbocycles. The zero-order valence-corrected chi connectivity index (χ0v) is 15.1. The van der Waals surface area contributed by atoms with Crippen molar-refractivity contribution in [2.45, 2.75) is 38.8 Å². The Bertz CT molecular complexity index is 695. The van der Waals surface area contributed by atoms with Gasteiger partial charge in [-0.25, -0.2) is 4.79 Å². The number of nitrogens with zero attached hydrogens (tertiary/aromatic N) is 1. The first-order chi connectivity index (χ1) is 11.1. The molecule has 1 unspecified atom stereocenters. The first kappa shape index (κ1) is 18.5. The summed E-state index contributed by atoms with van der Waals surface area (Å²) in [6, 6.07) is 6.78. The average molecular weight is 357 g/mol. The van der Waals surface area contributed by atoms with E-state index >= 15 is 0 Å². The summed E-state index contributed by atoms with van der Waals surface area (Å²) in [7, 11) is -3.53. The number of carbonyl (C=O) groups excluding carboxylic acids is 1. The van der Waals surface area contributed by atoms with Crippen LogP contribution in [0.3, 0.4) is 0 Å². The van der Waals surface area contributed by atoms with Crippen LogP contribution in [0.4, 0.5) is 10.5 Å². The molecule has 1 aromatic carbocycles. The maximum Gasteiger partial charge on any atom is 0.415 e. The van der Waals surface area contributed by atoms with E-state index in [-0.39, 0.29) is 19.3 Å². The van der Waals surface area contributed by atoms with Crippen LogP contribution >= 0.6 is 0 Å². The molecule has 1 atom stereocenters. The number of rotatable bonds is 4. The van der Waals surface area contributed by atoms with Crippen LogP contribution in [0.5, 0.6) is 5.75 Å². The summed E-state index contributed by atoms with van der Waals surface area (Å²) in [4.78, 5) is 14.1. The number of para-hydroxylation sites is 2. The summed E-state index contributed by atoms with van der Waals surface area (Å²) in [5.41, 5.74) is -0.0413. The number of amides is 1. The number of ether oxygens (including phenoxy) is 2. The molecule has 0 N–H and O–H groups in total. The van der Waals surface area contributed by atoms with Crippen LogP contribution < -0.4 is 9.64 Å². The van der Waals surface area contributed by atoms with Crippen LogP contribution in [-0.2, 0) is 19.0 Å². The molecule has 0 saturated heterocycles. The predicted molar refractivity (Wildman–Crippen MR) is 89.9 cm³/mol. The van der Waals surface area contributed by atoms with E-state index in [0.717, 1.165) is 6.26 Å². The van der Waals surface area contributed by atoms with Gasteiger partial charge in [0.2, 0.25) is 0 Å². The summed E-state index contributed by atoms with van der Waals surface area (Å²) in [5.74, 6) is 0.587. The van der Waals surface area contributed by atoms with Crippen LogP contribution in [0, 0.1) is 0 Å². The van der Waals surface area contributed by atoms with Gasteiger partial charge in [-0.1, -0.05) is 12.1 Å². The van der Waals surface area contributed by atoms with Gasteiger partial charge in [0.05, 0.1) is 24.6 Å². The fraction of sp³-hybridized carbons (Fsp3) is 0.562. The van der Waals surface area contributed by atoms with E-state index in [9.17, 15) is 13.2 Å². The molecular weight excluding hydrogens is 334 g/mol. The van der Waals surface area contributed by atoms with Gasteiger partial charge in [-0.2, -0.15) is 8.42 Å². The lowest BCUT2D eigenvalue weighted by atomic mass is 10.1. The van der Waals surface area contributed by atoms with Gasteiger partial charge in [0.15, 0.2) is 0 Å². The van der Waals surface area contributed by atoms with Gasteiger partial charge in [0.1, 0.15) is 18.0 Å². The lowest BCUT2D eigenvalue weighted by Gasteiger charge is -2.37. The quantitative estimate of drug-likeness (QED) is 0.770. The van der Waals surface area contributed by atoms with Crippen molar-refractivity contribution in [3.63, 3.8) is 0 Å². The molecule has 7 nitrogen and oxygen atoms in total. The summed E-state index contributed by atoms with van der Waals surface area (Å²) >= 11 is 0. The summed E-state index contributed by atoms with van der Waals surface area (Å²) in [6.45, 7) is 5.58. The number of hydrogen-bond acceptors (Lipinski definition) is 6. The molecule has 8 heteroatoms. The Morgan fingerprint density at radius 2 is 2.00 bits per heavy atom. The summed E-state index contributed by atoms with van der Waals surface area (Å²) in [5, 5.41) is 0. The molecule has 0 bridgehead atoms. The SMILES string of the molecule is CC(C)(C)OC(=O)N1c2ccccc2OCC1CCOS(C)(=O)=O. The Labute approximate surface area is 142 Å². The van der Waals surface area contributed by atoms with Crippen LogP contribution in [0.25, 0.3) is 0 Å². The molecule has 0 spiro atoms. The number of carbonyl (C=O) groups is 1. The van der Waals surface area contributed by atoms with Crippen molar-refractivity contribution >= 4 is 21.9 Å². The van der Waals surface area contributed by atoms with Crippen molar-refractivity contribution in [2.75, 3.05) is 24.4 Å². The minimum atomic E-state index is -3.53. The molecule has 1 aliphatic heterocycles. The van der Waals surface area contributed by atoms with E-state index in [4.69, 9.17) is 13.7 Å². The second-order valence-electron chi connectivity index (χ2n) is 6.60. The number of benzene rings is 1. The highest BCUT2D eigenvalue weighted by atomic mass is 32.2. The molecule has 1 aromatic rings. The third-order valence-electron chi connectivity index (χ3n) is 3.26. The second kappa shape index (κ2) is 6.98. The minimum absolute atomic E-state index is 0.0334. The van der Waals surface area contributed by atoms with Crippen molar-refractivity contribution in [3.05, 3.63) is 24.3 Å². The van der Waals surface area contributed by atoms with Crippen molar-refractivity contribution < 1.29 is 26.9 Å². The molecular formula is C16H23NO6S. The molecule has 0 aromatic heterocycles. The Kier molecular flexibility index (Phi) is 5.39. The molecule has 0 fully saturated rings. The molecule has 1 aliphatic rings. The van der Waals surface area contributed by atoms with Gasteiger partial charge in [-0.05, 0) is 39.3 Å². The van der Waals surface area contributed by atoms with Gasteiger partial charge in [0.25, 0.3) is 10.1 Å². The highest BCUT2D eigenvalue weighted by Gasteiger charge is 2.35. The zero-order valence-electron chi connectivity index (χ0n) is 14.3. The number of hydrogen-bond donors (Lipinski definition) is 0. The van der Waals surface area contributed by atoms with E-state index in [1.54, 1.807) is 39.0 Å². The normalized spacial score (nSPS) is 17.8. The number of fused-ring (bicyclic) bond motifs is 1. The van der Waals surface area contributed by atoms with Crippen LogP contribution in [0.2, 0.25) is 0 Å². The molecule has 0 radical (unpaired) electrons. The lowest BCUT2D eigenvalue weighted by Crippen LogP contribution is -2.49. The highest BCUT2D eigenvalue weighted by Crippen LogP contribution is 2.35. The largest absolute Gasteiger partial charge is 0.489 e. The van der Waals surface area contributed by atoms with Crippen molar-refractivity contribution in [2.24, 2.45) is 0 Å². The van der Waals surface area contributed by atoms with E-state index in [2.05, 4.69) is 0 Å². The Hall–Kier alpha value is -1.80. The Morgan fingerprint density at radius 1 is 1.33 bits per heavy atom. The fourth-order valence-electron chi connectivity index (χ4n) is 2.34. The molecule has 1 amide bonds. The average Bonchev–Trinajstić information content (AvgIpc) is 2.43. The monoisotopic (exact) mass is 357 g/mol. The first-order valence-corrected chi connectivity index (χ1v) is 9.47. The predicted octanol–water partition coefficient (Wildman–Crippen LogP) is 2.56. The van der Waals surface area contributed by atoms with E-state index < -0.39 is 21.8 Å². The Balaban J connectivity index is 2.21. The Morgan fingerprint density at radius 3 is 2.62 bits per heavy atom. The number of anilines is 1. The van der Waals surface area contributed by atoms with E-state index in [0.29, 0.717) is 17.9 Å². The molecule has 1 heterocycles. The van der Waals surface area contributed by atoms with Crippen molar-refractivity contribution in [3.8, 4) is 5.75 Å². The standard InChI is InChI=1S/C16H23NO6S/c1-16(2,3)23-15(18)17-12(9-10-22-24(4,19)20)11-21-14-8-6-5-7-13(14)17/h5-8,12H,9-11H2,1-4H3. The van der Waals surface area contributed by atoms with Crippen LogP contribution in [-0.4, -0.2) is 45.6 Å². The topological polar surface area (TPSA) is 82.1 Å².